The van der Waals surface area contributed by atoms with Gasteiger partial charge in [0.1, 0.15) is 29.6 Å². The van der Waals surface area contributed by atoms with Crippen LogP contribution in [0.1, 0.15) is 16.9 Å². The van der Waals surface area contributed by atoms with Crippen LogP contribution in [0.25, 0.3) is 22.1 Å². The number of nitrogens with zero attached hydrogens (tertiary/aromatic N) is 1. The van der Waals surface area contributed by atoms with Crippen molar-refractivity contribution in [3.05, 3.63) is 87.8 Å². The van der Waals surface area contributed by atoms with Gasteiger partial charge in [-0.15, -0.1) is 0 Å². The molecule has 4 aromatic rings. The lowest BCUT2D eigenvalue weighted by Gasteiger charge is -2.29. The van der Waals surface area contributed by atoms with E-state index in [-0.39, 0.29) is 35.6 Å². The summed E-state index contributed by atoms with van der Waals surface area (Å²) in [4.78, 5) is 15.4. The van der Waals surface area contributed by atoms with E-state index in [1.54, 1.807) is 25.3 Å². The number of ether oxygens (including phenoxy) is 3. The number of rotatable bonds is 5. The van der Waals surface area contributed by atoms with Crippen molar-refractivity contribution < 1.29 is 31.8 Å². The molecule has 0 amide bonds. The lowest BCUT2D eigenvalue weighted by atomic mass is 9.99. The van der Waals surface area contributed by atoms with Gasteiger partial charge in [-0.2, -0.15) is 13.2 Å². The van der Waals surface area contributed by atoms with Crippen molar-refractivity contribution in [3.8, 4) is 28.4 Å². The summed E-state index contributed by atoms with van der Waals surface area (Å²) in [6.07, 6.45) is -4.91. The van der Waals surface area contributed by atoms with E-state index in [0.29, 0.717) is 17.9 Å². The lowest BCUT2D eigenvalue weighted by Crippen LogP contribution is -2.32. The van der Waals surface area contributed by atoms with E-state index in [1.807, 2.05) is 29.2 Å². The van der Waals surface area contributed by atoms with Crippen LogP contribution in [0.15, 0.2) is 69.9 Å². The maximum atomic E-state index is 14.2. The van der Waals surface area contributed by atoms with Gasteiger partial charge in [0, 0.05) is 18.7 Å². The first-order valence-corrected chi connectivity index (χ1v) is 11.1. The number of hydrogen-bond acceptors (Lipinski definition) is 6. The van der Waals surface area contributed by atoms with Crippen molar-refractivity contribution in [2.24, 2.45) is 0 Å². The first kappa shape index (κ1) is 23.7. The fourth-order valence-electron chi connectivity index (χ4n) is 4.40. The minimum atomic E-state index is -4.91. The highest BCUT2D eigenvalue weighted by Crippen LogP contribution is 2.42. The number of methoxy groups -OCH3 is 2. The summed E-state index contributed by atoms with van der Waals surface area (Å²) in [6, 6.07) is 16.6. The van der Waals surface area contributed by atoms with Crippen LogP contribution in [0.4, 0.5) is 13.2 Å². The first-order valence-electron chi connectivity index (χ1n) is 11.1. The molecule has 1 aliphatic rings. The zero-order valence-electron chi connectivity index (χ0n) is 19.5. The van der Waals surface area contributed by atoms with Crippen molar-refractivity contribution in [2.75, 3.05) is 21.0 Å². The van der Waals surface area contributed by atoms with Gasteiger partial charge in [0.2, 0.25) is 11.2 Å². The highest BCUT2D eigenvalue weighted by atomic mass is 19.4. The molecule has 5 rings (SSSR count). The molecule has 6 nitrogen and oxygen atoms in total. The van der Waals surface area contributed by atoms with Gasteiger partial charge >= 0.3 is 6.18 Å². The van der Waals surface area contributed by atoms with Gasteiger partial charge in [-0.3, -0.25) is 9.69 Å². The Morgan fingerprint density at radius 2 is 1.72 bits per heavy atom. The third-order valence-electron chi connectivity index (χ3n) is 6.10. The Labute approximate surface area is 204 Å². The number of hydrogen-bond donors (Lipinski definition) is 0. The fraction of sp³-hybridized carbons (Fsp3) is 0.222. The standard InChI is InChI=1S/C27H22F3NO5/c1-33-17-9-7-16(8-10-17)13-31-14-20-22(35-15-31)12-11-19-24(32)23(18-5-3-4-6-21(18)34-2)26(27(28,29)30)36-25(19)20/h3-12H,13-15H2,1-2H3. The molecule has 1 aromatic heterocycles. The van der Waals surface area contributed by atoms with Gasteiger partial charge in [-0.25, -0.2) is 0 Å². The van der Waals surface area contributed by atoms with Crippen LogP contribution in [0, 0.1) is 0 Å². The predicted molar refractivity (Wildman–Crippen MR) is 127 cm³/mol. The molecule has 0 fully saturated rings. The van der Waals surface area contributed by atoms with E-state index in [1.165, 1.54) is 25.3 Å². The summed E-state index contributed by atoms with van der Waals surface area (Å²) < 4.78 is 64.4. The van der Waals surface area contributed by atoms with Crippen LogP contribution < -0.4 is 19.6 Å². The van der Waals surface area contributed by atoms with E-state index in [0.717, 1.165) is 11.3 Å². The number of benzene rings is 3. The third kappa shape index (κ3) is 4.26. The second-order valence-corrected chi connectivity index (χ2v) is 8.36. The fourth-order valence-corrected chi connectivity index (χ4v) is 4.40. The van der Waals surface area contributed by atoms with E-state index >= 15 is 0 Å². The Balaban J connectivity index is 1.63. The minimum absolute atomic E-state index is 0.0121. The zero-order chi connectivity index (χ0) is 25.4. The zero-order valence-corrected chi connectivity index (χ0v) is 19.5. The highest BCUT2D eigenvalue weighted by Gasteiger charge is 2.40. The molecule has 0 bridgehead atoms. The van der Waals surface area contributed by atoms with Crippen molar-refractivity contribution in [3.63, 3.8) is 0 Å². The van der Waals surface area contributed by atoms with E-state index in [4.69, 9.17) is 18.6 Å². The van der Waals surface area contributed by atoms with E-state index in [2.05, 4.69) is 0 Å². The summed E-state index contributed by atoms with van der Waals surface area (Å²) in [5, 5.41) is 0.0394. The third-order valence-corrected chi connectivity index (χ3v) is 6.10. The number of fused-ring (bicyclic) bond motifs is 3. The molecule has 0 atom stereocenters. The Hall–Kier alpha value is -3.98. The number of alkyl halides is 3. The Morgan fingerprint density at radius 1 is 0.972 bits per heavy atom. The molecule has 0 radical (unpaired) electrons. The smallest absolute Gasteiger partial charge is 0.450 e. The molecule has 2 heterocycles. The molecule has 0 unspecified atom stereocenters. The van der Waals surface area contributed by atoms with Crippen LogP contribution in [0.5, 0.6) is 17.2 Å². The Kier molecular flexibility index (Phi) is 6.09. The van der Waals surface area contributed by atoms with E-state index in [9.17, 15) is 18.0 Å². The van der Waals surface area contributed by atoms with Crippen molar-refractivity contribution in [1.82, 2.24) is 4.90 Å². The first-order chi connectivity index (χ1) is 17.3. The topological polar surface area (TPSA) is 61.1 Å². The van der Waals surface area contributed by atoms with Crippen LogP contribution in [-0.2, 0) is 19.3 Å². The Morgan fingerprint density at radius 3 is 2.42 bits per heavy atom. The molecule has 0 saturated carbocycles. The predicted octanol–water partition coefficient (Wildman–Crippen LogP) is 5.85. The van der Waals surface area contributed by atoms with Gasteiger partial charge in [-0.1, -0.05) is 30.3 Å². The summed E-state index contributed by atoms with van der Waals surface area (Å²) in [5.74, 6) is -0.126. The molecule has 3 aromatic carbocycles. The molecule has 186 valence electrons. The minimum Gasteiger partial charge on any atom is -0.497 e. The molecule has 36 heavy (non-hydrogen) atoms. The van der Waals surface area contributed by atoms with Crippen LogP contribution in [0.2, 0.25) is 0 Å². The summed E-state index contributed by atoms with van der Waals surface area (Å²) in [7, 11) is 2.91. The van der Waals surface area contributed by atoms with Gasteiger partial charge in [0.05, 0.1) is 30.7 Å². The van der Waals surface area contributed by atoms with Crippen LogP contribution >= 0.6 is 0 Å². The van der Waals surface area contributed by atoms with Gasteiger partial charge in [-0.05, 0) is 35.9 Å². The summed E-state index contributed by atoms with van der Waals surface area (Å²) in [6.45, 7) is 0.961. The van der Waals surface area contributed by atoms with Gasteiger partial charge in [0.15, 0.2) is 0 Å². The summed E-state index contributed by atoms with van der Waals surface area (Å²) >= 11 is 0. The molecule has 0 aliphatic carbocycles. The average molecular weight is 497 g/mol. The molecular formula is C27H22F3NO5. The normalized spacial score (nSPS) is 13.8. The van der Waals surface area contributed by atoms with Crippen molar-refractivity contribution in [2.45, 2.75) is 19.3 Å². The average Bonchev–Trinajstić information content (AvgIpc) is 2.88. The van der Waals surface area contributed by atoms with E-state index < -0.39 is 22.9 Å². The SMILES string of the molecule is COc1ccc(CN2COc3ccc4c(=O)c(-c5ccccc5OC)c(C(F)(F)F)oc4c3C2)cc1. The number of para-hydroxylation sites is 1. The molecule has 1 aliphatic heterocycles. The maximum absolute atomic E-state index is 14.2. The van der Waals surface area contributed by atoms with Crippen LogP contribution in [0.3, 0.4) is 0 Å². The summed E-state index contributed by atoms with van der Waals surface area (Å²) in [5.41, 5.74) is -0.135. The van der Waals surface area contributed by atoms with Crippen molar-refractivity contribution >= 4 is 11.0 Å². The highest BCUT2D eigenvalue weighted by molar-refractivity contribution is 5.88. The van der Waals surface area contributed by atoms with Gasteiger partial charge in [0.25, 0.3) is 0 Å². The second kappa shape index (κ2) is 9.23. The van der Waals surface area contributed by atoms with Gasteiger partial charge < -0.3 is 18.6 Å². The lowest BCUT2D eigenvalue weighted by molar-refractivity contribution is -0.152. The second-order valence-electron chi connectivity index (χ2n) is 8.36. The molecule has 0 saturated heterocycles. The van der Waals surface area contributed by atoms with Crippen molar-refractivity contribution in [1.29, 1.82) is 0 Å². The Bertz CT molecular complexity index is 1480. The maximum Gasteiger partial charge on any atom is 0.450 e. The molecule has 9 heteroatoms. The van der Waals surface area contributed by atoms with Crippen LogP contribution in [-0.4, -0.2) is 25.9 Å². The molecule has 0 N–H and O–H groups in total. The molecular weight excluding hydrogens is 475 g/mol. The number of halogens is 3. The largest absolute Gasteiger partial charge is 0.497 e. The molecule has 0 spiro atoms. The quantitative estimate of drug-likeness (QED) is 0.345. The monoisotopic (exact) mass is 497 g/mol.